The molecule has 2 fully saturated rings. The molecule has 2 aromatic heterocycles. The maximum absolute atomic E-state index is 14.0. The number of aliphatic hydroxyl groups is 1. The number of aromatic nitrogens is 2. The van der Waals surface area contributed by atoms with Crippen molar-refractivity contribution < 1.29 is 31.5 Å². The summed E-state index contributed by atoms with van der Waals surface area (Å²) in [6.07, 6.45) is -1.07. The van der Waals surface area contributed by atoms with Crippen molar-refractivity contribution in [3.05, 3.63) is 28.3 Å². The topological polar surface area (TPSA) is 116 Å². The Kier molecular flexibility index (Phi) is 6.13. The number of halogens is 3. The van der Waals surface area contributed by atoms with Crippen molar-refractivity contribution in [1.82, 2.24) is 19.2 Å². The first-order chi connectivity index (χ1) is 17.1. The maximum atomic E-state index is 14.0. The minimum Gasteiger partial charge on any atom is -0.388 e. The first-order valence-corrected chi connectivity index (χ1v) is 14.7. The van der Waals surface area contributed by atoms with Crippen LogP contribution in [0, 0.1) is 0 Å². The molecule has 2 N–H and O–H groups in total. The summed E-state index contributed by atoms with van der Waals surface area (Å²) in [5.74, 6) is -0.285. The number of rotatable bonds is 5. The van der Waals surface area contributed by atoms with Crippen LogP contribution >= 0.6 is 11.3 Å². The molecule has 5 heterocycles. The highest BCUT2D eigenvalue weighted by molar-refractivity contribution is 7.88. The number of hydrogen-bond donors (Lipinski definition) is 2. The van der Waals surface area contributed by atoms with Gasteiger partial charge in [-0.05, 0) is 32.3 Å². The van der Waals surface area contributed by atoms with Crippen molar-refractivity contribution in [2.45, 2.75) is 62.9 Å². The maximum Gasteiger partial charge on any atom is 0.420 e. The summed E-state index contributed by atoms with van der Waals surface area (Å²) >= 11 is 1.10. The van der Waals surface area contributed by atoms with Gasteiger partial charge in [-0.15, -0.1) is 11.3 Å². The van der Waals surface area contributed by atoms with E-state index < -0.39 is 32.9 Å². The highest BCUT2D eigenvalue weighted by Crippen LogP contribution is 2.56. The van der Waals surface area contributed by atoms with Gasteiger partial charge in [-0.1, -0.05) is 6.92 Å². The lowest BCUT2D eigenvalue weighted by Crippen LogP contribution is -2.42. The van der Waals surface area contributed by atoms with Gasteiger partial charge in [-0.2, -0.15) is 13.2 Å². The molecule has 0 aromatic carbocycles. The smallest absolute Gasteiger partial charge is 0.388 e. The Morgan fingerprint density at radius 3 is 2.57 bits per heavy atom. The van der Waals surface area contributed by atoms with Gasteiger partial charge in [-0.3, -0.25) is 4.79 Å². The number of fused-ring (bicyclic) bond motifs is 3. The van der Waals surface area contributed by atoms with Crippen LogP contribution in [0.1, 0.15) is 60.3 Å². The molecule has 2 unspecified atom stereocenters. The van der Waals surface area contributed by atoms with Crippen molar-refractivity contribution in [3.8, 4) is 10.6 Å². The second kappa shape index (κ2) is 8.61. The van der Waals surface area contributed by atoms with E-state index in [4.69, 9.17) is 0 Å². The van der Waals surface area contributed by atoms with Gasteiger partial charge < -0.3 is 15.3 Å². The van der Waals surface area contributed by atoms with Crippen molar-refractivity contribution in [3.63, 3.8) is 0 Å². The van der Waals surface area contributed by atoms with Crippen LogP contribution in [0.5, 0.6) is 0 Å². The van der Waals surface area contributed by atoms with Crippen LogP contribution in [0.4, 0.5) is 19.1 Å². The normalized spacial score (nSPS) is 27.0. The third-order valence-electron chi connectivity index (χ3n) is 7.49. The minimum atomic E-state index is -4.71. The molecular weight excluding hydrogens is 531 g/mol. The van der Waals surface area contributed by atoms with Crippen LogP contribution in [0.15, 0.2) is 12.3 Å². The zero-order valence-corrected chi connectivity index (χ0v) is 22.2. The predicted molar refractivity (Wildman–Crippen MR) is 132 cm³/mol. The molecule has 3 aliphatic heterocycles. The fourth-order valence-corrected chi connectivity index (χ4v) is 8.03. The zero-order valence-electron chi connectivity index (χ0n) is 20.6. The van der Waals surface area contributed by atoms with E-state index in [2.05, 4.69) is 15.3 Å². The van der Waals surface area contributed by atoms with E-state index >= 15 is 0 Å². The van der Waals surface area contributed by atoms with E-state index in [1.807, 2.05) is 6.92 Å². The highest BCUT2D eigenvalue weighted by Gasteiger charge is 2.59. The fourth-order valence-electron chi connectivity index (χ4n) is 5.74. The molecule has 0 spiro atoms. The number of nitrogens with one attached hydrogen (secondary N) is 1. The van der Waals surface area contributed by atoms with Crippen LogP contribution in [-0.2, 0) is 21.7 Å². The number of piperidine rings is 1. The lowest BCUT2D eigenvalue weighted by Gasteiger charge is -2.31. The molecule has 9 nitrogen and oxygen atoms in total. The number of thiophene rings is 1. The van der Waals surface area contributed by atoms with Crippen molar-refractivity contribution in [1.29, 1.82) is 0 Å². The van der Waals surface area contributed by atoms with Crippen molar-refractivity contribution >= 4 is 33.2 Å². The number of carbonyl (C=O) groups is 1. The molecule has 0 saturated carbocycles. The highest BCUT2D eigenvalue weighted by atomic mass is 32.2. The summed E-state index contributed by atoms with van der Waals surface area (Å²) < 4.78 is 66.7. The van der Waals surface area contributed by atoms with Crippen molar-refractivity contribution in [2.24, 2.45) is 0 Å². The van der Waals surface area contributed by atoms with Gasteiger partial charge in [0.1, 0.15) is 5.56 Å². The molecular formula is C23H28F3N5O4S2. The summed E-state index contributed by atoms with van der Waals surface area (Å²) in [5, 5.41) is 13.7. The minimum absolute atomic E-state index is 0.0105. The summed E-state index contributed by atoms with van der Waals surface area (Å²) in [4.78, 5) is 23.8. The van der Waals surface area contributed by atoms with Crippen molar-refractivity contribution in [2.75, 3.05) is 31.2 Å². The summed E-state index contributed by atoms with van der Waals surface area (Å²) in [5.41, 5.74) is -2.79. The van der Waals surface area contributed by atoms with Gasteiger partial charge >= 0.3 is 6.18 Å². The first kappa shape index (κ1) is 26.3. The second-order valence-corrected chi connectivity index (χ2v) is 13.4. The largest absolute Gasteiger partial charge is 0.420 e. The Labute approximate surface area is 216 Å². The molecule has 5 rings (SSSR count). The van der Waals surface area contributed by atoms with Crippen LogP contribution in [0.3, 0.4) is 0 Å². The summed E-state index contributed by atoms with van der Waals surface area (Å²) in [7, 11) is -3.31. The van der Waals surface area contributed by atoms with Crippen LogP contribution in [0.25, 0.3) is 10.6 Å². The summed E-state index contributed by atoms with van der Waals surface area (Å²) in [6.45, 7) is 4.32. The first-order valence-electron chi connectivity index (χ1n) is 12.0. The van der Waals surface area contributed by atoms with Gasteiger partial charge in [-0.25, -0.2) is 22.7 Å². The zero-order chi connectivity index (χ0) is 27.0. The molecule has 0 radical (unpaired) electrons. The van der Waals surface area contributed by atoms with E-state index in [1.54, 1.807) is 11.8 Å². The van der Waals surface area contributed by atoms with Crippen LogP contribution in [-0.4, -0.2) is 76.1 Å². The Morgan fingerprint density at radius 2 is 1.97 bits per heavy atom. The SMILES string of the molecule is CCC12CC(C)(O)CN1C(=O)c1cc(-c3nc(NC4CCN(S(C)(=O)=O)CC4)ncc3C(F)(F)F)sc12. The summed E-state index contributed by atoms with van der Waals surface area (Å²) in [6, 6.07) is 1.27. The van der Waals surface area contributed by atoms with E-state index in [0.29, 0.717) is 49.2 Å². The Bertz CT molecular complexity index is 1350. The van der Waals surface area contributed by atoms with Crippen LogP contribution in [0.2, 0.25) is 0 Å². The molecule has 0 aliphatic carbocycles. The van der Waals surface area contributed by atoms with Gasteiger partial charge in [0, 0.05) is 36.6 Å². The predicted octanol–water partition coefficient (Wildman–Crippen LogP) is 3.28. The molecule has 37 heavy (non-hydrogen) atoms. The Balaban J connectivity index is 1.48. The lowest BCUT2D eigenvalue weighted by atomic mass is 9.87. The van der Waals surface area contributed by atoms with E-state index in [-0.39, 0.29) is 35.0 Å². The lowest BCUT2D eigenvalue weighted by molar-refractivity contribution is -0.137. The van der Waals surface area contributed by atoms with E-state index in [0.717, 1.165) is 23.8 Å². The van der Waals surface area contributed by atoms with Gasteiger partial charge in [0.25, 0.3) is 5.91 Å². The number of anilines is 1. The average Bonchev–Trinajstić information content (AvgIpc) is 3.42. The molecule has 14 heteroatoms. The quantitative estimate of drug-likeness (QED) is 0.578. The third kappa shape index (κ3) is 4.51. The molecule has 3 aliphatic rings. The number of carbonyl (C=O) groups excluding carboxylic acids is 1. The Hall–Kier alpha value is -2.29. The number of sulfonamides is 1. The number of amides is 1. The molecule has 2 aromatic rings. The third-order valence-corrected chi connectivity index (χ3v) is 10.1. The number of hydrogen-bond acceptors (Lipinski definition) is 8. The standard InChI is InChI=1S/C23H28F3N5O4S2/c1-4-22-11-21(2,33)12-31(22)19(32)14-9-16(36-18(14)22)17-15(23(24,25)26)10-27-20(29-17)28-13-5-7-30(8-6-13)37(3,34)35/h9-10,13,33H,4-8,11-12H2,1-3H3,(H,27,28,29). The van der Waals surface area contributed by atoms with Gasteiger partial charge in [0.15, 0.2) is 0 Å². The molecule has 2 saturated heterocycles. The monoisotopic (exact) mass is 559 g/mol. The van der Waals surface area contributed by atoms with E-state index in [9.17, 15) is 31.5 Å². The van der Waals surface area contributed by atoms with E-state index in [1.165, 1.54) is 10.4 Å². The van der Waals surface area contributed by atoms with Gasteiger partial charge in [0.2, 0.25) is 16.0 Å². The fraction of sp³-hybridized carbons (Fsp3) is 0.609. The number of nitrogens with zero attached hydrogens (tertiary/aromatic N) is 4. The molecule has 0 bridgehead atoms. The van der Waals surface area contributed by atoms with Gasteiger partial charge in [0.05, 0.1) is 40.1 Å². The number of alkyl halides is 3. The molecule has 2 atom stereocenters. The molecule has 202 valence electrons. The Morgan fingerprint density at radius 1 is 1.30 bits per heavy atom. The average molecular weight is 560 g/mol. The van der Waals surface area contributed by atoms with Crippen LogP contribution < -0.4 is 5.32 Å². The second-order valence-electron chi connectivity index (χ2n) is 10.3. The molecule has 1 amide bonds.